The second-order valence-electron chi connectivity index (χ2n) is 2.95. The van der Waals surface area contributed by atoms with Crippen LogP contribution in [0.15, 0.2) is 22.8 Å². The van der Waals surface area contributed by atoms with Crippen LogP contribution in [0.4, 0.5) is 5.88 Å². The van der Waals surface area contributed by atoms with Gasteiger partial charge in [0.1, 0.15) is 5.92 Å². The van der Waals surface area contributed by atoms with Crippen LogP contribution in [0.3, 0.4) is 0 Å². The molecule has 0 spiro atoms. The molecule has 0 aliphatic rings. The molecule has 5 heteroatoms. The summed E-state index contributed by atoms with van der Waals surface area (Å²) in [4.78, 5) is 22.8. The molecule has 1 rings (SSSR count). The molecule has 1 aromatic rings. The van der Waals surface area contributed by atoms with Crippen LogP contribution in [0.5, 0.6) is 0 Å². The zero-order valence-electron chi connectivity index (χ0n) is 8.65. The van der Waals surface area contributed by atoms with Gasteiger partial charge in [-0.3, -0.25) is 14.9 Å². The highest BCUT2D eigenvalue weighted by Crippen LogP contribution is 2.12. The molecule has 1 atom stereocenters. The highest BCUT2D eigenvalue weighted by molar-refractivity contribution is 6.04. The van der Waals surface area contributed by atoms with E-state index in [4.69, 9.17) is 4.42 Å². The van der Waals surface area contributed by atoms with Crippen molar-refractivity contribution in [1.82, 2.24) is 0 Å². The van der Waals surface area contributed by atoms with Gasteiger partial charge in [0.25, 0.3) is 0 Å². The standard InChI is InChI=1S/C10H13NO4/c1-3-7(10(13)14-2)9(12)11-8-5-4-6-15-8/h4-7H,3H2,1-2H3,(H,11,12). The molecule has 0 fully saturated rings. The van der Waals surface area contributed by atoms with Gasteiger partial charge in [-0.2, -0.15) is 0 Å². The van der Waals surface area contributed by atoms with Crippen molar-refractivity contribution in [2.45, 2.75) is 13.3 Å². The van der Waals surface area contributed by atoms with Gasteiger partial charge in [0.2, 0.25) is 5.91 Å². The molecule has 82 valence electrons. The molecule has 1 unspecified atom stereocenters. The molecule has 1 heterocycles. The number of furan rings is 1. The predicted molar refractivity (Wildman–Crippen MR) is 53.1 cm³/mol. The van der Waals surface area contributed by atoms with E-state index in [9.17, 15) is 9.59 Å². The molecule has 0 radical (unpaired) electrons. The summed E-state index contributed by atoms with van der Waals surface area (Å²) in [6.07, 6.45) is 1.83. The summed E-state index contributed by atoms with van der Waals surface area (Å²) in [5.74, 6) is -1.43. The van der Waals surface area contributed by atoms with Crippen molar-refractivity contribution in [2.24, 2.45) is 5.92 Å². The zero-order valence-corrected chi connectivity index (χ0v) is 8.65. The van der Waals surface area contributed by atoms with Crippen molar-refractivity contribution in [3.8, 4) is 0 Å². The number of methoxy groups -OCH3 is 1. The quantitative estimate of drug-likeness (QED) is 0.604. The first kappa shape index (κ1) is 11.3. The average Bonchev–Trinajstić information content (AvgIpc) is 2.71. The van der Waals surface area contributed by atoms with Crippen molar-refractivity contribution in [2.75, 3.05) is 12.4 Å². The molecule has 0 aromatic carbocycles. The van der Waals surface area contributed by atoms with Crippen molar-refractivity contribution in [1.29, 1.82) is 0 Å². The molecule has 5 nitrogen and oxygen atoms in total. The number of anilines is 1. The van der Waals surface area contributed by atoms with Crippen LogP contribution in [0.1, 0.15) is 13.3 Å². The molecular formula is C10H13NO4. The fourth-order valence-electron chi connectivity index (χ4n) is 1.16. The Balaban J connectivity index is 2.62. The molecular weight excluding hydrogens is 198 g/mol. The maximum atomic E-state index is 11.6. The van der Waals surface area contributed by atoms with E-state index in [0.717, 1.165) is 0 Å². The predicted octanol–water partition coefficient (Wildman–Crippen LogP) is 1.42. The molecule has 0 saturated heterocycles. The lowest BCUT2D eigenvalue weighted by Gasteiger charge is -2.10. The van der Waals surface area contributed by atoms with Crippen molar-refractivity contribution >= 4 is 17.8 Å². The number of hydrogen-bond acceptors (Lipinski definition) is 4. The summed E-state index contributed by atoms with van der Waals surface area (Å²) in [6, 6.07) is 3.25. The lowest BCUT2D eigenvalue weighted by atomic mass is 10.1. The van der Waals surface area contributed by atoms with Crippen LogP contribution in [0.2, 0.25) is 0 Å². The summed E-state index contributed by atoms with van der Waals surface area (Å²) in [7, 11) is 1.26. The van der Waals surface area contributed by atoms with Gasteiger partial charge in [-0.25, -0.2) is 0 Å². The highest BCUT2D eigenvalue weighted by atomic mass is 16.5. The molecule has 1 N–H and O–H groups in total. The smallest absolute Gasteiger partial charge is 0.318 e. The SMILES string of the molecule is CCC(C(=O)Nc1ccco1)C(=O)OC. The second-order valence-corrected chi connectivity index (χ2v) is 2.95. The van der Waals surface area contributed by atoms with Crippen LogP contribution >= 0.6 is 0 Å². The number of esters is 1. The Bertz CT molecular complexity index is 331. The van der Waals surface area contributed by atoms with E-state index in [1.165, 1.54) is 13.4 Å². The van der Waals surface area contributed by atoms with Crippen LogP contribution < -0.4 is 5.32 Å². The van der Waals surface area contributed by atoms with E-state index >= 15 is 0 Å². The van der Waals surface area contributed by atoms with Gasteiger partial charge in [0.15, 0.2) is 5.88 Å². The van der Waals surface area contributed by atoms with Crippen LogP contribution in [-0.4, -0.2) is 19.0 Å². The molecule has 0 aliphatic heterocycles. The third-order valence-electron chi connectivity index (χ3n) is 1.98. The minimum Gasteiger partial charge on any atom is -0.468 e. The Labute approximate surface area is 87.4 Å². The summed E-state index contributed by atoms with van der Waals surface area (Å²) >= 11 is 0. The van der Waals surface area contributed by atoms with Gasteiger partial charge in [0.05, 0.1) is 13.4 Å². The third-order valence-corrected chi connectivity index (χ3v) is 1.98. The Morgan fingerprint density at radius 3 is 2.80 bits per heavy atom. The minimum atomic E-state index is -0.792. The van der Waals surface area contributed by atoms with Gasteiger partial charge in [-0.1, -0.05) is 6.92 Å². The number of carbonyl (C=O) groups is 2. The van der Waals surface area contributed by atoms with Crippen LogP contribution in [0, 0.1) is 5.92 Å². The van der Waals surface area contributed by atoms with Crippen molar-refractivity contribution in [3.63, 3.8) is 0 Å². The van der Waals surface area contributed by atoms with Gasteiger partial charge in [0, 0.05) is 6.07 Å². The molecule has 0 aliphatic carbocycles. The Hall–Kier alpha value is -1.78. The summed E-state index contributed by atoms with van der Waals surface area (Å²) in [5.41, 5.74) is 0. The van der Waals surface area contributed by atoms with E-state index < -0.39 is 17.8 Å². The van der Waals surface area contributed by atoms with E-state index in [1.54, 1.807) is 19.1 Å². The van der Waals surface area contributed by atoms with Crippen molar-refractivity contribution < 1.29 is 18.7 Å². The Morgan fingerprint density at radius 2 is 2.33 bits per heavy atom. The molecule has 15 heavy (non-hydrogen) atoms. The number of amides is 1. The maximum absolute atomic E-state index is 11.6. The minimum absolute atomic E-state index is 0.322. The zero-order chi connectivity index (χ0) is 11.3. The topological polar surface area (TPSA) is 68.5 Å². The first-order valence-electron chi connectivity index (χ1n) is 4.61. The second kappa shape index (κ2) is 5.19. The summed E-state index contributed by atoms with van der Waals surface area (Å²) in [6.45, 7) is 1.74. The monoisotopic (exact) mass is 211 g/mol. The number of hydrogen-bond donors (Lipinski definition) is 1. The van der Waals surface area contributed by atoms with Crippen LogP contribution in [-0.2, 0) is 14.3 Å². The van der Waals surface area contributed by atoms with Gasteiger partial charge in [-0.05, 0) is 12.5 Å². The van der Waals surface area contributed by atoms with E-state index in [-0.39, 0.29) is 0 Å². The van der Waals surface area contributed by atoms with Crippen molar-refractivity contribution in [3.05, 3.63) is 18.4 Å². The largest absolute Gasteiger partial charge is 0.468 e. The lowest BCUT2D eigenvalue weighted by molar-refractivity contribution is -0.148. The Morgan fingerprint density at radius 1 is 1.60 bits per heavy atom. The van der Waals surface area contributed by atoms with E-state index in [2.05, 4.69) is 10.1 Å². The third kappa shape index (κ3) is 2.83. The molecule has 1 aromatic heterocycles. The molecule has 0 bridgehead atoms. The first-order valence-corrected chi connectivity index (χ1v) is 4.61. The fraction of sp³-hybridized carbons (Fsp3) is 0.400. The lowest BCUT2D eigenvalue weighted by Crippen LogP contribution is -2.29. The van der Waals surface area contributed by atoms with Gasteiger partial charge < -0.3 is 9.15 Å². The summed E-state index contributed by atoms with van der Waals surface area (Å²) < 4.78 is 9.44. The van der Waals surface area contributed by atoms with E-state index in [1.807, 2.05) is 0 Å². The molecule has 1 amide bonds. The Kier molecular flexibility index (Phi) is 3.91. The number of rotatable bonds is 4. The summed E-state index contributed by atoms with van der Waals surface area (Å²) in [5, 5.41) is 2.48. The average molecular weight is 211 g/mol. The number of ether oxygens (including phenoxy) is 1. The highest BCUT2D eigenvalue weighted by Gasteiger charge is 2.25. The number of nitrogens with one attached hydrogen (secondary N) is 1. The molecule has 0 saturated carbocycles. The normalized spacial score (nSPS) is 11.9. The maximum Gasteiger partial charge on any atom is 0.318 e. The van der Waals surface area contributed by atoms with Gasteiger partial charge in [-0.15, -0.1) is 0 Å². The van der Waals surface area contributed by atoms with Gasteiger partial charge >= 0.3 is 5.97 Å². The fourth-order valence-corrected chi connectivity index (χ4v) is 1.16. The van der Waals surface area contributed by atoms with Crippen LogP contribution in [0.25, 0.3) is 0 Å². The first-order chi connectivity index (χ1) is 7.19. The number of carbonyl (C=O) groups excluding carboxylic acids is 2. The van der Waals surface area contributed by atoms with E-state index in [0.29, 0.717) is 12.3 Å².